The molecule has 1 aromatic rings. The second-order valence-electron chi connectivity index (χ2n) is 5.38. The molecule has 1 nitrogen and oxygen atoms in total. The number of rotatable bonds is 6. The van der Waals surface area contributed by atoms with Crippen molar-refractivity contribution in [3.8, 4) is 0 Å². The lowest BCUT2D eigenvalue weighted by atomic mass is 9.59. The first-order valence-electron chi connectivity index (χ1n) is 6.80. The van der Waals surface area contributed by atoms with Crippen LogP contribution in [-0.4, -0.2) is 18.1 Å². The van der Waals surface area contributed by atoms with Gasteiger partial charge in [0.05, 0.1) is 10.0 Å². The number of nitrogens with two attached hydrogens (primary N) is 1. The molecule has 0 heterocycles. The molecule has 1 atom stereocenters. The van der Waals surface area contributed by atoms with Gasteiger partial charge in [-0.3, -0.25) is 0 Å². The standard InChI is InChI=1S/C15H21Cl2NS/c1-19-9-2-4-14(18)15(7-3-8-15)11-5-6-12(16)13(17)10-11/h5-6,10,14H,2-4,7-9,18H2,1H3. The number of hydrogen-bond donors (Lipinski definition) is 1. The highest BCUT2D eigenvalue weighted by Gasteiger charge is 2.43. The molecule has 0 spiro atoms. The van der Waals surface area contributed by atoms with E-state index in [-0.39, 0.29) is 11.5 Å². The largest absolute Gasteiger partial charge is 0.327 e. The Hall–Kier alpha value is 0.110. The van der Waals surface area contributed by atoms with Crippen molar-refractivity contribution in [2.45, 2.75) is 43.6 Å². The number of benzene rings is 1. The molecule has 4 heteroatoms. The first kappa shape index (κ1) is 15.5. The van der Waals surface area contributed by atoms with Gasteiger partial charge in [0.15, 0.2) is 0 Å². The van der Waals surface area contributed by atoms with Gasteiger partial charge in [0.2, 0.25) is 0 Å². The Bertz CT molecular complexity index is 432. The Labute approximate surface area is 130 Å². The fraction of sp³-hybridized carbons (Fsp3) is 0.600. The molecular formula is C15H21Cl2NS. The Kier molecular flexibility index (Phi) is 5.47. The zero-order valence-electron chi connectivity index (χ0n) is 11.3. The minimum atomic E-state index is 0.132. The van der Waals surface area contributed by atoms with Gasteiger partial charge in [-0.2, -0.15) is 11.8 Å². The van der Waals surface area contributed by atoms with Crippen molar-refractivity contribution in [2.75, 3.05) is 12.0 Å². The minimum Gasteiger partial charge on any atom is -0.327 e. The summed E-state index contributed by atoms with van der Waals surface area (Å²) in [5, 5.41) is 1.26. The molecule has 0 aliphatic heterocycles. The van der Waals surface area contributed by atoms with E-state index in [1.807, 2.05) is 23.9 Å². The predicted octanol–water partition coefficient (Wildman–Crippen LogP) is 4.89. The van der Waals surface area contributed by atoms with Crippen LogP contribution in [0.25, 0.3) is 0 Å². The van der Waals surface area contributed by atoms with Gasteiger partial charge in [-0.15, -0.1) is 0 Å². The highest BCUT2D eigenvalue weighted by atomic mass is 35.5. The van der Waals surface area contributed by atoms with Crippen molar-refractivity contribution in [1.82, 2.24) is 0 Å². The van der Waals surface area contributed by atoms with Crippen LogP contribution in [0.2, 0.25) is 10.0 Å². The summed E-state index contributed by atoms with van der Waals surface area (Å²) in [5.41, 5.74) is 7.89. The predicted molar refractivity (Wildman–Crippen MR) is 87.6 cm³/mol. The van der Waals surface area contributed by atoms with Gasteiger partial charge in [0, 0.05) is 11.5 Å². The van der Waals surface area contributed by atoms with E-state index < -0.39 is 0 Å². The molecule has 2 rings (SSSR count). The van der Waals surface area contributed by atoms with Crippen molar-refractivity contribution in [1.29, 1.82) is 0 Å². The van der Waals surface area contributed by atoms with Gasteiger partial charge in [-0.25, -0.2) is 0 Å². The Morgan fingerprint density at radius 3 is 2.58 bits per heavy atom. The normalized spacial score (nSPS) is 18.9. The first-order chi connectivity index (χ1) is 9.10. The quantitative estimate of drug-likeness (QED) is 0.756. The van der Waals surface area contributed by atoms with Crippen LogP contribution < -0.4 is 5.73 Å². The van der Waals surface area contributed by atoms with Crippen LogP contribution in [0.1, 0.15) is 37.7 Å². The maximum Gasteiger partial charge on any atom is 0.0595 e. The molecule has 1 aliphatic rings. The number of halogens is 2. The lowest BCUT2D eigenvalue weighted by molar-refractivity contribution is 0.188. The number of thioether (sulfide) groups is 1. The van der Waals surface area contributed by atoms with Crippen molar-refractivity contribution >= 4 is 35.0 Å². The second-order valence-corrected chi connectivity index (χ2v) is 7.18. The molecule has 0 saturated heterocycles. The molecule has 106 valence electrons. The van der Waals surface area contributed by atoms with E-state index in [0.717, 1.165) is 6.42 Å². The molecule has 0 bridgehead atoms. The van der Waals surface area contributed by atoms with Crippen LogP contribution in [-0.2, 0) is 5.41 Å². The van der Waals surface area contributed by atoms with E-state index in [4.69, 9.17) is 28.9 Å². The first-order valence-corrected chi connectivity index (χ1v) is 8.95. The molecule has 19 heavy (non-hydrogen) atoms. The maximum atomic E-state index is 6.49. The average molecular weight is 318 g/mol. The molecular weight excluding hydrogens is 297 g/mol. The molecule has 1 aromatic carbocycles. The fourth-order valence-electron chi connectivity index (χ4n) is 2.96. The molecule has 1 fully saturated rings. The molecule has 1 aliphatic carbocycles. The van der Waals surface area contributed by atoms with Crippen molar-refractivity contribution in [3.05, 3.63) is 33.8 Å². The lowest BCUT2D eigenvalue weighted by Gasteiger charge is -2.47. The lowest BCUT2D eigenvalue weighted by Crippen LogP contribution is -2.50. The summed E-state index contributed by atoms with van der Waals surface area (Å²) in [7, 11) is 0. The highest BCUT2D eigenvalue weighted by molar-refractivity contribution is 7.98. The summed E-state index contributed by atoms with van der Waals surface area (Å²) in [5.74, 6) is 1.19. The monoisotopic (exact) mass is 317 g/mol. The molecule has 1 unspecified atom stereocenters. The topological polar surface area (TPSA) is 26.0 Å². The zero-order chi connectivity index (χ0) is 13.9. The van der Waals surface area contributed by atoms with Crippen molar-refractivity contribution in [2.24, 2.45) is 5.73 Å². The third-order valence-corrected chi connectivity index (χ3v) is 5.75. The van der Waals surface area contributed by atoms with Crippen LogP contribution in [0.5, 0.6) is 0 Å². The third-order valence-electron chi connectivity index (χ3n) is 4.31. The summed E-state index contributed by atoms with van der Waals surface area (Å²) in [6, 6.07) is 6.23. The highest BCUT2D eigenvalue weighted by Crippen LogP contribution is 2.47. The molecule has 0 radical (unpaired) electrons. The van der Waals surface area contributed by atoms with Gasteiger partial charge in [0.25, 0.3) is 0 Å². The molecule has 0 aromatic heterocycles. The van der Waals surface area contributed by atoms with Crippen LogP contribution in [0.3, 0.4) is 0 Å². The van der Waals surface area contributed by atoms with Gasteiger partial charge in [-0.05, 0) is 55.4 Å². The summed E-state index contributed by atoms with van der Waals surface area (Å²) in [4.78, 5) is 0. The molecule has 1 saturated carbocycles. The van der Waals surface area contributed by atoms with Crippen LogP contribution in [0, 0.1) is 0 Å². The SMILES string of the molecule is CSCCCC(N)C1(c2ccc(Cl)c(Cl)c2)CCC1. The van der Waals surface area contributed by atoms with E-state index in [0.29, 0.717) is 10.0 Å². The number of hydrogen-bond acceptors (Lipinski definition) is 2. The van der Waals surface area contributed by atoms with Crippen LogP contribution >= 0.6 is 35.0 Å². The maximum absolute atomic E-state index is 6.49. The summed E-state index contributed by atoms with van der Waals surface area (Å²) in [6.07, 6.45) is 8.02. The summed E-state index contributed by atoms with van der Waals surface area (Å²) >= 11 is 14.1. The van der Waals surface area contributed by atoms with E-state index in [1.54, 1.807) is 0 Å². The van der Waals surface area contributed by atoms with E-state index in [9.17, 15) is 0 Å². The minimum absolute atomic E-state index is 0.132. The van der Waals surface area contributed by atoms with Crippen molar-refractivity contribution < 1.29 is 0 Å². The fourth-order valence-corrected chi connectivity index (χ4v) is 3.71. The Morgan fingerprint density at radius 2 is 2.05 bits per heavy atom. The van der Waals surface area contributed by atoms with E-state index in [2.05, 4.69) is 12.3 Å². The van der Waals surface area contributed by atoms with Gasteiger partial charge < -0.3 is 5.73 Å². The third kappa shape index (κ3) is 3.24. The average Bonchev–Trinajstić information content (AvgIpc) is 2.32. The Balaban J connectivity index is 2.14. The van der Waals surface area contributed by atoms with Crippen LogP contribution in [0.4, 0.5) is 0 Å². The van der Waals surface area contributed by atoms with Gasteiger partial charge in [-0.1, -0.05) is 35.7 Å². The van der Waals surface area contributed by atoms with Crippen molar-refractivity contribution in [3.63, 3.8) is 0 Å². The summed E-state index contributed by atoms with van der Waals surface area (Å²) in [6.45, 7) is 0. The van der Waals surface area contributed by atoms with Crippen LogP contribution in [0.15, 0.2) is 18.2 Å². The smallest absolute Gasteiger partial charge is 0.0595 e. The molecule has 0 amide bonds. The Morgan fingerprint density at radius 1 is 1.32 bits per heavy atom. The second kappa shape index (κ2) is 6.71. The zero-order valence-corrected chi connectivity index (χ0v) is 13.6. The van der Waals surface area contributed by atoms with Gasteiger partial charge >= 0.3 is 0 Å². The van der Waals surface area contributed by atoms with E-state index >= 15 is 0 Å². The molecule has 2 N–H and O–H groups in total. The van der Waals surface area contributed by atoms with Gasteiger partial charge in [0.1, 0.15) is 0 Å². The van der Waals surface area contributed by atoms with E-state index in [1.165, 1.54) is 37.0 Å². The summed E-state index contributed by atoms with van der Waals surface area (Å²) < 4.78 is 0.